The van der Waals surface area contributed by atoms with E-state index in [1.807, 2.05) is 55.8 Å². The molecule has 6 nitrogen and oxygen atoms in total. The van der Waals surface area contributed by atoms with Crippen LogP contribution in [0.1, 0.15) is 21.1 Å². The van der Waals surface area contributed by atoms with Gasteiger partial charge in [-0.25, -0.2) is 9.97 Å². The standard InChI is InChI=1S/C21H16N4O2S2/c1-11-7-8-17(27-11)20-23-12(2)18(29-20)19(26)25-21-24-16(10-28-21)14-9-22-15-6-4-3-5-13(14)15/h3-10,22H,1-2H3,(H,24,25,26). The van der Waals surface area contributed by atoms with Gasteiger partial charge in [-0.15, -0.1) is 22.7 Å². The highest BCUT2D eigenvalue weighted by molar-refractivity contribution is 7.17. The summed E-state index contributed by atoms with van der Waals surface area (Å²) in [6.07, 6.45) is 1.94. The third kappa shape index (κ3) is 3.26. The Morgan fingerprint density at radius 3 is 2.83 bits per heavy atom. The maximum absolute atomic E-state index is 12.8. The van der Waals surface area contributed by atoms with E-state index in [9.17, 15) is 4.79 Å². The number of rotatable bonds is 4. The Labute approximate surface area is 174 Å². The number of furan rings is 1. The Morgan fingerprint density at radius 2 is 2.00 bits per heavy atom. The summed E-state index contributed by atoms with van der Waals surface area (Å²) in [5.74, 6) is 1.27. The molecule has 5 rings (SSSR count). The van der Waals surface area contributed by atoms with E-state index >= 15 is 0 Å². The smallest absolute Gasteiger partial charge is 0.269 e. The van der Waals surface area contributed by atoms with Crippen LogP contribution in [0, 0.1) is 13.8 Å². The van der Waals surface area contributed by atoms with Crippen molar-refractivity contribution in [1.82, 2.24) is 15.0 Å². The van der Waals surface area contributed by atoms with Gasteiger partial charge < -0.3 is 9.40 Å². The third-order valence-electron chi connectivity index (χ3n) is 4.54. The molecular weight excluding hydrogens is 404 g/mol. The predicted octanol–water partition coefficient (Wildman–Crippen LogP) is 5.88. The molecule has 1 aromatic carbocycles. The summed E-state index contributed by atoms with van der Waals surface area (Å²) in [5.41, 5.74) is 3.57. The molecule has 0 saturated heterocycles. The van der Waals surface area contributed by atoms with Crippen LogP contribution in [-0.4, -0.2) is 20.9 Å². The molecule has 0 fully saturated rings. The van der Waals surface area contributed by atoms with Crippen LogP contribution in [0.3, 0.4) is 0 Å². The van der Waals surface area contributed by atoms with Crippen molar-refractivity contribution in [3.63, 3.8) is 0 Å². The summed E-state index contributed by atoms with van der Waals surface area (Å²) in [6.45, 7) is 3.70. The minimum atomic E-state index is -0.214. The van der Waals surface area contributed by atoms with Crippen LogP contribution in [-0.2, 0) is 0 Å². The first-order valence-electron chi connectivity index (χ1n) is 8.96. The van der Waals surface area contributed by atoms with Crippen LogP contribution in [0.2, 0.25) is 0 Å². The zero-order valence-corrected chi connectivity index (χ0v) is 17.3. The predicted molar refractivity (Wildman–Crippen MR) is 117 cm³/mol. The molecule has 4 aromatic heterocycles. The number of anilines is 1. The van der Waals surface area contributed by atoms with Crippen LogP contribution in [0.15, 0.2) is 52.4 Å². The lowest BCUT2D eigenvalue weighted by molar-refractivity contribution is 0.103. The van der Waals surface area contributed by atoms with Crippen LogP contribution < -0.4 is 5.32 Å². The van der Waals surface area contributed by atoms with Crippen molar-refractivity contribution in [2.45, 2.75) is 13.8 Å². The highest BCUT2D eigenvalue weighted by Gasteiger charge is 2.19. The summed E-state index contributed by atoms with van der Waals surface area (Å²) in [4.78, 5) is 25.7. The van der Waals surface area contributed by atoms with Crippen molar-refractivity contribution in [3.8, 4) is 22.0 Å². The van der Waals surface area contributed by atoms with Gasteiger partial charge >= 0.3 is 0 Å². The van der Waals surface area contributed by atoms with Crippen molar-refractivity contribution in [1.29, 1.82) is 0 Å². The molecule has 0 saturated carbocycles. The van der Waals surface area contributed by atoms with Gasteiger partial charge in [-0.2, -0.15) is 0 Å². The molecule has 8 heteroatoms. The number of hydrogen-bond donors (Lipinski definition) is 2. The number of nitrogens with zero attached hydrogens (tertiary/aromatic N) is 2. The lowest BCUT2D eigenvalue weighted by atomic mass is 10.1. The molecule has 4 heterocycles. The van der Waals surface area contributed by atoms with Gasteiger partial charge in [0.15, 0.2) is 15.9 Å². The van der Waals surface area contributed by atoms with Gasteiger partial charge in [-0.1, -0.05) is 18.2 Å². The fraction of sp³-hybridized carbons (Fsp3) is 0.0952. The zero-order chi connectivity index (χ0) is 20.0. The number of hydrogen-bond acceptors (Lipinski definition) is 6. The van der Waals surface area contributed by atoms with Crippen molar-refractivity contribution in [2.75, 3.05) is 5.32 Å². The molecule has 29 heavy (non-hydrogen) atoms. The lowest BCUT2D eigenvalue weighted by Gasteiger charge is -1.99. The van der Waals surface area contributed by atoms with Gasteiger partial charge in [0, 0.05) is 28.0 Å². The number of aromatic amines is 1. The Balaban J connectivity index is 1.39. The zero-order valence-electron chi connectivity index (χ0n) is 15.6. The topological polar surface area (TPSA) is 83.8 Å². The average Bonchev–Trinajstić information content (AvgIpc) is 3.47. The molecular formula is C21H16N4O2S2. The fourth-order valence-corrected chi connectivity index (χ4v) is 4.78. The molecule has 0 aliphatic carbocycles. The van der Waals surface area contributed by atoms with Crippen molar-refractivity contribution < 1.29 is 9.21 Å². The quantitative estimate of drug-likeness (QED) is 0.380. The van der Waals surface area contributed by atoms with Gasteiger partial charge in [0.25, 0.3) is 5.91 Å². The molecule has 0 atom stereocenters. The number of para-hydroxylation sites is 1. The van der Waals surface area contributed by atoms with Gasteiger partial charge in [-0.05, 0) is 32.0 Å². The monoisotopic (exact) mass is 420 g/mol. The number of nitrogens with one attached hydrogen (secondary N) is 2. The maximum Gasteiger partial charge on any atom is 0.269 e. The van der Waals surface area contributed by atoms with E-state index in [4.69, 9.17) is 4.42 Å². The van der Waals surface area contributed by atoms with E-state index in [-0.39, 0.29) is 5.91 Å². The van der Waals surface area contributed by atoms with E-state index in [0.717, 1.165) is 27.9 Å². The first-order chi connectivity index (χ1) is 14.1. The van der Waals surface area contributed by atoms with E-state index in [2.05, 4.69) is 26.3 Å². The lowest BCUT2D eigenvalue weighted by Crippen LogP contribution is -2.11. The SMILES string of the molecule is Cc1ccc(-c2nc(C)c(C(=O)Nc3nc(-c4c[nH]c5ccccc45)cs3)s2)o1. The Morgan fingerprint density at radius 1 is 1.14 bits per heavy atom. The second-order valence-electron chi connectivity index (χ2n) is 6.58. The first kappa shape index (κ1) is 17.8. The van der Waals surface area contributed by atoms with Gasteiger partial charge in [0.05, 0.1) is 11.4 Å². The average molecular weight is 421 g/mol. The summed E-state index contributed by atoms with van der Waals surface area (Å²) in [7, 11) is 0. The number of aryl methyl sites for hydroxylation is 2. The molecule has 5 aromatic rings. The minimum Gasteiger partial charge on any atom is -0.459 e. The maximum atomic E-state index is 12.8. The van der Waals surface area contributed by atoms with Crippen molar-refractivity contribution in [2.24, 2.45) is 0 Å². The van der Waals surface area contributed by atoms with Crippen LogP contribution in [0.5, 0.6) is 0 Å². The van der Waals surface area contributed by atoms with E-state index in [1.165, 1.54) is 22.7 Å². The van der Waals surface area contributed by atoms with Crippen LogP contribution in [0.25, 0.3) is 32.9 Å². The number of carbonyl (C=O) groups excluding carboxylic acids is 1. The molecule has 0 bridgehead atoms. The number of fused-ring (bicyclic) bond motifs is 1. The molecule has 0 aliphatic rings. The van der Waals surface area contributed by atoms with Gasteiger partial charge in [0.2, 0.25) is 0 Å². The van der Waals surface area contributed by atoms with Crippen molar-refractivity contribution in [3.05, 3.63) is 64.3 Å². The minimum absolute atomic E-state index is 0.214. The second kappa shape index (κ2) is 6.98. The molecule has 0 radical (unpaired) electrons. The highest BCUT2D eigenvalue weighted by atomic mass is 32.1. The number of carbonyl (C=O) groups is 1. The van der Waals surface area contributed by atoms with Crippen LogP contribution in [0.4, 0.5) is 5.13 Å². The Kier molecular flexibility index (Phi) is 4.30. The Hall–Kier alpha value is -3.23. The number of thiazole rings is 2. The summed E-state index contributed by atoms with van der Waals surface area (Å²) in [6, 6.07) is 11.8. The summed E-state index contributed by atoms with van der Waals surface area (Å²) < 4.78 is 5.62. The fourth-order valence-electron chi connectivity index (χ4n) is 3.15. The summed E-state index contributed by atoms with van der Waals surface area (Å²) >= 11 is 2.72. The summed E-state index contributed by atoms with van der Waals surface area (Å²) in [5, 5.41) is 7.20. The molecule has 144 valence electrons. The largest absolute Gasteiger partial charge is 0.459 e. The molecule has 0 aliphatic heterocycles. The van der Waals surface area contributed by atoms with E-state index < -0.39 is 0 Å². The number of H-pyrrole nitrogens is 1. The van der Waals surface area contributed by atoms with Crippen LogP contribution >= 0.6 is 22.7 Å². The number of aromatic nitrogens is 3. The highest BCUT2D eigenvalue weighted by Crippen LogP contribution is 2.32. The Bertz CT molecular complexity index is 1340. The molecule has 2 N–H and O–H groups in total. The number of amides is 1. The molecule has 0 spiro atoms. The molecule has 1 amide bonds. The van der Waals surface area contributed by atoms with Gasteiger partial charge in [-0.3, -0.25) is 10.1 Å². The third-order valence-corrected chi connectivity index (χ3v) is 6.47. The normalized spacial score (nSPS) is 11.2. The van der Waals surface area contributed by atoms with Gasteiger partial charge in [0.1, 0.15) is 10.6 Å². The first-order valence-corrected chi connectivity index (χ1v) is 10.7. The molecule has 0 unspecified atom stereocenters. The van der Waals surface area contributed by atoms with Crippen molar-refractivity contribution >= 4 is 44.6 Å². The second-order valence-corrected chi connectivity index (χ2v) is 8.44. The van der Waals surface area contributed by atoms with E-state index in [1.54, 1.807) is 0 Å². The number of benzene rings is 1. The van der Waals surface area contributed by atoms with E-state index in [0.29, 0.717) is 26.5 Å².